The van der Waals surface area contributed by atoms with Gasteiger partial charge in [-0.3, -0.25) is 9.59 Å². The molecule has 1 heterocycles. The summed E-state index contributed by atoms with van der Waals surface area (Å²) in [5.41, 5.74) is 3.15. The third-order valence-corrected chi connectivity index (χ3v) is 5.73. The molecule has 0 amide bonds. The summed E-state index contributed by atoms with van der Waals surface area (Å²) >= 11 is 0. The lowest BCUT2D eigenvalue weighted by atomic mass is 9.80. The van der Waals surface area contributed by atoms with Gasteiger partial charge in [-0.2, -0.15) is 10.2 Å². The molecule has 3 aromatic carbocycles. The minimum Gasteiger partial charge on any atom is -0.463 e. The van der Waals surface area contributed by atoms with Gasteiger partial charge in [0, 0.05) is 11.1 Å². The number of Topliss-reactive ketones (excluding diaryl/α,β-unsaturated/α-hetero) is 2. The van der Waals surface area contributed by atoms with Gasteiger partial charge in [-0.05, 0) is 23.3 Å². The maximum Gasteiger partial charge on any atom is 0.180 e. The molecule has 5 nitrogen and oxygen atoms in total. The van der Waals surface area contributed by atoms with Crippen molar-refractivity contribution in [3.63, 3.8) is 0 Å². The fraction of sp³-hybridized carbons (Fsp3) is 0.0714. The first kappa shape index (κ1) is 20.5. The first-order chi connectivity index (χ1) is 16.2. The SMILES string of the molecule is O=C1c2ccccc2C(=NN=Cc2ccco2)C1C(=O)C(c1ccccc1)c1ccccc1. The number of benzene rings is 3. The molecule has 1 aliphatic carbocycles. The van der Waals surface area contributed by atoms with Crippen molar-refractivity contribution < 1.29 is 14.0 Å². The summed E-state index contributed by atoms with van der Waals surface area (Å²) < 4.78 is 5.26. The summed E-state index contributed by atoms with van der Waals surface area (Å²) in [7, 11) is 0. The Balaban J connectivity index is 1.60. The minimum absolute atomic E-state index is 0.222. The van der Waals surface area contributed by atoms with Crippen LogP contribution < -0.4 is 0 Å². The van der Waals surface area contributed by atoms with Crippen molar-refractivity contribution in [1.82, 2.24) is 0 Å². The second-order valence-corrected chi connectivity index (χ2v) is 7.74. The quantitative estimate of drug-likeness (QED) is 0.235. The van der Waals surface area contributed by atoms with Gasteiger partial charge >= 0.3 is 0 Å². The first-order valence-electron chi connectivity index (χ1n) is 10.7. The third-order valence-electron chi connectivity index (χ3n) is 5.73. The van der Waals surface area contributed by atoms with E-state index in [1.807, 2.05) is 72.8 Å². The van der Waals surface area contributed by atoms with Crippen LogP contribution in [-0.4, -0.2) is 23.5 Å². The standard InChI is InChI=1S/C28H20N2O3/c31-27-23-16-8-7-15-22(23)26(30-29-18-21-14-9-17-33-21)25(27)28(32)24(19-10-3-1-4-11-19)20-12-5-2-6-13-20/h1-18,24-25H. The van der Waals surface area contributed by atoms with E-state index in [4.69, 9.17) is 4.42 Å². The molecule has 5 rings (SSSR count). The van der Waals surface area contributed by atoms with Crippen LogP contribution >= 0.6 is 0 Å². The molecule has 0 fully saturated rings. The molecule has 0 bridgehead atoms. The Hall–Kier alpha value is -4.38. The lowest BCUT2D eigenvalue weighted by molar-refractivity contribution is -0.120. The second kappa shape index (κ2) is 9.01. The highest BCUT2D eigenvalue weighted by atomic mass is 16.3. The van der Waals surface area contributed by atoms with Crippen LogP contribution in [0.2, 0.25) is 0 Å². The van der Waals surface area contributed by atoms with E-state index in [0.29, 0.717) is 22.6 Å². The monoisotopic (exact) mass is 432 g/mol. The summed E-state index contributed by atoms with van der Waals surface area (Å²) in [5.74, 6) is -1.58. The summed E-state index contributed by atoms with van der Waals surface area (Å²) in [6.45, 7) is 0. The van der Waals surface area contributed by atoms with Gasteiger partial charge in [-0.1, -0.05) is 84.9 Å². The number of carbonyl (C=O) groups is 2. The van der Waals surface area contributed by atoms with Gasteiger partial charge < -0.3 is 4.42 Å². The van der Waals surface area contributed by atoms with Gasteiger partial charge in [0.15, 0.2) is 11.6 Å². The zero-order valence-corrected chi connectivity index (χ0v) is 17.7. The average Bonchev–Trinajstić information content (AvgIpc) is 3.47. The van der Waals surface area contributed by atoms with Crippen LogP contribution in [-0.2, 0) is 4.79 Å². The molecular weight excluding hydrogens is 412 g/mol. The number of hydrogen-bond donors (Lipinski definition) is 0. The van der Waals surface area contributed by atoms with E-state index in [9.17, 15) is 9.59 Å². The highest BCUT2D eigenvalue weighted by molar-refractivity contribution is 6.38. The predicted octanol–water partition coefficient (Wildman–Crippen LogP) is 5.32. The van der Waals surface area contributed by atoms with Crippen LogP contribution in [0.4, 0.5) is 0 Å². The third kappa shape index (κ3) is 3.96. The first-order valence-corrected chi connectivity index (χ1v) is 10.7. The van der Waals surface area contributed by atoms with Crippen molar-refractivity contribution in [2.75, 3.05) is 0 Å². The Kier molecular flexibility index (Phi) is 5.60. The van der Waals surface area contributed by atoms with Crippen LogP contribution in [0, 0.1) is 5.92 Å². The van der Waals surface area contributed by atoms with Gasteiger partial charge in [0.25, 0.3) is 0 Å². The Labute approximate surface area is 191 Å². The lowest BCUT2D eigenvalue weighted by Gasteiger charge is -2.20. The summed E-state index contributed by atoms with van der Waals surface area (Å²) in [4.78, 5) is 27.5. The van der Waals surface area contributed by atoms with Crippen molar-refractivity contribution >= 4 is 23.5 Å². The van der Waals surface area contributed by atoms with Crippen molar-refractivity contribution in [2.24, 2.45) is 16.1 Å². The smallest absolute Gasteiger partial charge is 0.180 e. The molecule has 1 atom stereocenters. The molecule has 0 aliphatic heterocycles. The van der Waals surface area contributed by atoms with E-state index >= 15 is 0 Å². The molecule has 0 spiro atoms. The fourth-order valence-electron chi connectivity index (χ4n) is 4.22. The van der Waals surface area contributed by atoms with E-state index in [2.05, 4.69) is 10.2 Å². The highest BCUT2D eigenvalue weighted by Gasteiger charge is 2.44. The van der Waals surface area contributed by atoms with E-state index in [0.717, 1.165) is 11.1 Å². The molecule has 160 valence electrons. The molecule has 1 aliphatic rings. The average molecular weight is 432 g/mol. The van der Waals surface area contributed by atoms with Crippen molar-refractivity contribution in [2.45, 2.75) is 5.92 Å². The number of furan rings is 1. The van der Waals surface area contributed by atoms with Gasteiger partial charge in [0.2, 0.25) is 0 Å². The van der Waals surface area contributed by atoms with Crippen molar-refractivity contribution in [3.8, 4) is 0 Å². The molecule has 0 N–H and O–H groups in total. The number of rotatable bonds is 6. The highest BCUT2D eigenvalue weighted by Crippen LogP contribution is 2.35. The number of carbonyl (C=O) groups excluding carboxylic acids is 2. The van der Waals surface area contributed by atoms with E-state index in [1.165, 1.54) is 6.21 Å². The molecule has 33 heavy (non-hydrogen) atoms. The normalized spacial score (nSPS) is 16.6. The maximum absolute atomic E-state index is 14.1. The zero-order valence-electron chi connectivity index (χ0n) is 17.7. The predicted molar refractivity (Wildman–Crippen MR) is 127 cm³/mol. The molecule has 5 heteroatoms. The summed E-state index contributed by atoms with van der Waals surface area (Å²) in [6.07, 6.45) is 3.01. The van der Waals surface area contributed by atoms with Crippen LogP contribution in [0.5, 0.6) is 0 Å². The Morgan fingerprint density at radius 2 is 1.39 bits per heavy atom. The summed E-state index contributed by atoms with van der Waals surface area (Å²) in [6, 6.07) is 29.7. The fourth-order valence-corrected chi connectivity index (χ4v) is 4.22. The van der Waals surface area contributed by atoms with Crippen LogP contribution in [0.1, 0.15) is 38.7 Å². The van der Waals surface area contributed by atoms with Crippen molar-refractivity contribution in [1.29, 1.82) is 0 Å². The zero-order chi connectivity index (χ0) is 22.6. The number of ketones is 2. The lowest BCUT2D eigenvalue weighted by Crippen LogP contribution is -2.31. The van der Waals surface area contributed by atoms with Crippen LogP contribution in [0.15, 0.2) is 118 Å². The molecule has 0 saturated heterocycles. The van der Waals surface area contributed by atoms with Gasteiger partial charge in [-0.25, -0.2) is 0 Å². The molecule has 0 radical (unpaired) electrons. The van der Waals surface area contributed by atoms with Gasteiger partial charge in [-0.15, -0.1) is 0 Å². The van der Waals surface area contributed by atoms with E-state index in [-0.39, 0.29) is 11.6 Å². The van der Waals surface area contributed by atoms with Crippen molar-refractivity contribution in [3.05, 3.63) is 131 Å². The Morgan fingerprint density at radius 3 is 2.00 bits per heavy atom. The number of nitrogens with zero attached hydrogens (tertiary/aromatic N) is 2. The molecular formula is C28H20N2O3. The van der Waals surface area contributed by atoms with Crippen LogP contribution in [0.25, 0.3) is 0 Å². The number of hydrogen-bond acceptors (Lipinski definition) is 5. The minimum atomic E-state index is -1.04. The molecule has 1 unspecified atom stereocenters. The largest absolute Gasteiger partial charge is 0.463 e. The van der Waals surface area contributed by atoms with Gasteiger partial charge in [0.1, 0.15) is 11.7 Å². The topological polar surface area (TPSA) is 72.0 Å². The Bertz CT molecular complexity index is 1300. The van der Waals surface area contributed by atoms with Crippen LogP contribution in [0.3, 0.4) is 0 Å². The van der Waals surface area contributed by atoms with E-state index in [1.54, 1.807) is 30.5 Å². The molecule has 4 aromatic rings. The molecule has 1 aromatic heterocycles. The van der Waals surface area contributed by atoms with Gasteiger partial charge in [0.05, 0.1) is 24.1 Å². The summed E-state index contributed by atoms with van der Waals surface area (Å²) in [5, 5.41) is 8.48. The Morgan fingerprint density at radius 1 is 0.788 bits per heavy atom. The van der Waals surface area contributed by atoms with E-state index < -0.39 is 11.8 Å². The second-order valence-electron chi connectivity index (χ2n) is 7.74. The molecule has 0 saturated carbocycles. The number of fused-ring (bicyclic) bond motifs is 1. The maximum atomic E-state index is 14.1.